The van der Waals surface area contributed by atoms with Crippen LogP contribution < -0.4 is 5.01 Å². The molecule has 19 heavy (non-hydrogen) atoms. The quantitative estimate of drug-likeness (QED) is 0.866. The summed E-state index contributed by atoms with van der Waals surface area (Å²) in [6, 6.07) is 3.94. The highest BCUT2D eigenvalue weighted by Crippen LogP contribution is 2.51. The summed E-state index contributed by atoms with van der Waals surface area (Å²) in [7, 11) is 0. The van der Waals surface area contributed by atoms with Crippen molar-refractivity contribution in [3.05, 3.63) is 40.4 Å². The third-order valence-electron chi connectivity index (χ3n) is 3.09. The summed E-state index contributed by atoms with van der Waals surface area (Å²) in [6.07, 6.45) is 3.72. The number of hydrogen-bond donors (Lipinski definition) is 0. The third-order valence-corrected chi connectivity index (χ3v) is 5.24. The zero-order valence-corrected chi connectivity index (χ0v) is 11.9. The van der Waals surface area contributed by atoms with Crippen LogP contribution in [0.2, 0.25) is 0 Å². The van der Waals surface area contributed by atoms with Crippen molar-refractivity contribution in [3.8, 4) is 0 Å². The van der Waals surface area contributed by atoms with Gasteiger partial charge in [-0.15, -0.1) is 10.2 Å². The molecule has 1 atom stereocenters. The summed E-state index contributed by atoms with van der Waals surface area (Å²) < 4.78 is 7.69. The largest absolute Gasteiger partial charge is 0.466 e. The highest BCUT2D eigenvalue weighted by atomic mass is 32.2. The van der Waals surface area contributed by atoms with E-state index in [1.807, 2.05) is 12.1 Å². The van der Waals surface area contributed by atoms with Gasteiger partial charge in [0.05, 0.1) is 6.26 Å². The molecular weight excluding hydrogens is 280 g/mol. The molecule has 5 nitrogen and oxygen atoms in total. The molecule has 98 valence electrons. The predicted molar refractivity (Wildman–Crippen MR) is 75.2 cm³/mol. The van der Waals surface area contributed by atoms with Crippen LogP contribution in [0.3, 0.4) is 0 Å². The van der Waals surface area contributed by atoms with Crippen molar-refractivity contribution in [2.75, 3.05) is 5.01 Å². The van der Waals surface area contributed by atoms with Gasteiger partial charge in [-0.2, -0.15) is 0 Å². The molecule has 1 unspecified atom stereocenters. The number of aryl methyl sites for hydroxylation is 1. The summed E-state index contributed by atoms with van der Waals surface area (Å²) in [5.41, 5.74) is 0. The van der Waals surface area contributed by atoms with Gasteiger partial charge in [-0.05, 0) is 30.3 Å². The van der Waals surface area contributed by atoms with Gasteiger partial charge < -0.3 is 4.42 Å². The predicted octanol–water partition coefficient (Wildman–Crippen LogP) is 3.11. The van der Waals surface area contributed by atoms with E-state index in [2.05, 4.69) is 32.2 Å². The Morgan fingerprint density at radius 1 is 1.42 bits per heavy atom. The van der Waals surface area contributed by atoms with E-state index in [-0.39, 0.29) is 5.37 Å². The third kappa shape index (κ3) is 1.64. The minimum atomic E-state index is 0.144. The van der Waals surface area contributed by atoms with E-state index >= 15 is 0 Å². The second-order valence-electron chi connectivity index (χ2n) is 4.37. The van der Waals surface area contributed by atoms with Crippen molar-refractivity contribution in [2.45, 2.75) is 30.3 Å². The van der Waals surface area contributed by atoms with Gasteiger partial charge in [0, 0.05) is 11.8 Å². The van der Waals surface area contributed by atoms with E-state index in [0.717, 1.165) is 29.6 Å². The second kappa shape index (κ2) is 4.35. The van der Waals surface area contributed by atoms with Crippen LogP contribution in [0, 0.1) is 0 Å². The van der Waals surface area contributed by atoms with Crippen LogP contribution in [-0.4, -0.2) is 14.9 Å². The van der Waals surface area contributed by atoms with E-state index in [4.69, 9.17) is 4.42 Å². The molecule has 0 N–H and O–H groups in total. The first-order valence-corrected chi connectivity index (χ1v) is 7.95. The Bertz CT molecular complexity index is 634. The fourth-order valence-corrected chi connectivity index (χ4v) is 4.49. The van der Waals surface area contributed by atoms with Gasteiger partial charge in [0.1, 0.15) is 10.8 Å². The molecule has 2 aromatic rings. The fourth-order valence-electron chi connectivity index (χ4n) is 2.29. The topological polar surface area (TPSA) is 47.1 Å². The van der Waals surface area contributed by atoms with Gasteiger partial charge >= 0.3 is 0 Å². The minimum absolute atomic E-state index is 0.144. The van der Waals surface area contributed by atoms with Crippen LogP contribution >= 0.6 is 23.5 Å². The van der Waals surface area contributed by atoms with Gasteiger partial charge in [0.2, 0.25) is 5.16 Å². The van der Waals surface area contributed by atoms with Crippen molar-refractivity contribution in [1.82, 2.24) is 14.9 Å². The zero-order chi connectivity index (χ0) is 12.8. The number of aromatic nitrogens is 3. The lowest BCUT2D eigenvalue weighted by Crippen LogP contribution is -2.30. The second-order valence-corrected chi connectivity index (χ2v) is 6.31. The number of furan rings is 1. The Kier molecular flexibility index (Phi) is 2.63. The summed E-state index contributed by atoms with van der Waals surface area (Å²) in [4.78, 5) is 0. The van der Waals surface area contributed by atoms with Gasteiger partial charge in [-0.25, -0.2) is 9.69 Å². The Balaban J connectivity index is 1.76. The van der Waals surface area contributed by atoms with Crippen LogP contribution in [0.5, 0.6) is 0 Å². The molecular formula is C12H12N4OS2. The summed E-state index contributed by atoms with van der Waals surface area (Å²) in [5.74, 6) is 1.98. The van der Waals surface area contributed by atoms with Crippen molar-refractivity contribution < 1.29 is 4.42 Å². The lowest BCUT2D eigenvalue weighted by Gasteiger charge is -2.23. The number of rotatable bonds is 3. The number of hydrogen-bond acceptors (Lipinski definition) is 6. The Labute approximate surface area is 119 Å². The number of nitrogens with zero attached hydrogens (tertiary/aromatic N) is 4. The maximum Gasteiger partial charge on any atom is 0.216 e. The maximum absolute atomic E-state index is 5.56. The molecule has 2 aliphatic rings. The molecule has 0 saturated heterocycles. The molecule has 0 aromatic carbocycles. The Morgan fingerprint density at radius 2 is 2.37 bits per heavy atom. The standard InChI is InChI=1S/C12H12N4OS2/c1-2-4-9-13-14-12-15(9)16-10(19-12)7-18-11(16)8-5-3-6-17-8/h3,5-7,11H,2,4H2,1H3. The first-order valence-electron chi connectivity index (χ1n) is 6.19. The maximum atomic E-state index is 5.56. The number of thioether (sulfide) groups is 2. The van der Waals surface area contributed by atoms with Gasteiger partial charge in [-0.1, -0.05) is 18.7 Å². The smallest absolute Gasteiger partial charge is 0.216 e. The zero-order valence-electron chi connectivity index (χ0n) is 10.3. The van der Waals surface area contributed by atoms with Gasteiger partial charge in [0.25, 0.3) is 0 Å². The lowest BCUT2D eigenvalue weighted by atomic mass is 10.3. The van der Waals surface area contributed by atoms with E-state index in [9.17, 15) is 0 Å². The monoisotopic (exact) mass is 292 g/mol. The molecule has 2 aromatic heterocycles. The Morgan fingerprint density at radius 3 is 3.16 bits per heavy atom. The molecule has 7 heteroatoms. The average molecular weight is 292 g/mol. The molecule has 0 aliphatic carbocycles. The molecule has 0 saturated carbocycles. The molecule has 4 rings (SSSR count). The van der Waals surface area contributed by atoms with Crippen LogP contribution in [0.25, 0.3) is 0 Å². The van der Waals surface area contributed by atoms with Crippen LogP contribution in [0.15, 0.2) is 38.4 Å². The van der Waals surface area contributed by atoms with Crippen molar-refractivity contribution in [1.29, 1.82) is 0 Å². The van der Waals surface area contributed by atoms with Crippen molar-refractivity contribution >= 4 is 23.5 Å². The summed E-state index contributed by atoms with van der Waals surface area (Å²) in [6.45, 7) is 2.16. The molecule has 0 spiro atoms. The van der Waals surface area contributed by atoms with E-state index in [0.29, 0.717) is 0 Å². The first-order chi connectivity index (χ1) is 9.38. The van der Waals surface area contributed by atoms with Crippen LogP contribution in [0.1, 0.15) is 30.3 Å². The molecule has 2 aliphatic heterocycles. The van der Waals surface area contributed by atoms with Crippen molar-refractivity contribution in [3.63, 3.8) is 0 Å². The summed E-state index contributed by atoms with van der Waals surface area (Å²) >= 11 is 3.43. The van der Waals surface area contributed by atoms with E-state index in [1.165, 1.54) is 5.03 Å². The van der Waals surface area contributed by atoms with E-state index in [1.54, 1.807) is 29.8 Å². The Hall–Kier alpha value is -1.34. The molecule has 0 radical (unpaired) electrons. The normalized spacial score (nSPS) is 20.6. The molecule has 0 bridgehead atoms. The molecule has 0 fully saturated rings. The minimum Gasteiger partial charge on any atom is -0.466 e. The SMILES string of the molecule is CCCc1nnc2n1N1C(=CSC1c1ccco1)S2. The molecule has 4 heterocycles. The average Bonchev–Trinajstić information content (AvgIpc) is 3.10. The van der Waals surface area contributed by atoms with Gasteiger partial charge in [-0.3, -0.25) is 0 Å². The van der Waals surface area contributed by atoms with Crippen LogP contribution in [0.4, 0.5) is 0 Å². The highest BCUT2D eigenvalue weighted by Gasteiger charge is 2.40. The van der Waals surface area contributed by atoms with E-state index < -0.39 is 0 Å². The first kappa shape index (κ1) is 11.5. The lowest BCUT2D eigenvalue weighted by molar-refractivity contribution is 0.477. The van der Waals surface area contributed by atoms with Crippen molar-refractivity contribution in [2.24, 2.45) is 0 Å². The number of fused-ring (bicyclic) bond motifs is 3. The van der Waals surface area contributed by atoms with Gasteiger partial charge in [0.15, 0.2) is 11.2 Å². The summed E-state index contributed by atoms with van der Waals surface area (Å²) in [5, 5.41) is 15.3. The molecule has 0 amide bonds. The highest BCUT2D eigenvalue weighted by molar-refractivity contribution is 8.07. The fraction of sp³-hybridized carbons (Fsp3) is 0.333. The van der Waals surface area contributed by atoms with Crippen LogP contribution in [-0.2, 0) is 6.42 Å².